The maximum atomic E-state index is 14.1. The lowest BCUT2D eigenvalue weighted by Crippen LogP contribution is -2.66. The van der Waals surface area contributed by atoms with Crippen LogP contribution in [0.5, 0.6) is 0 Å². The number of carbonyl (C=O) groups excluding carboxylic acids is 4. The Labute approximate surface area is 261 Å². The molecule has 2 fully saturated rings. The Bertz CT molecular complexity index is 1350. The molecule has 0 bridgehead atoms. The maximum Gasteiger partial charge on any atom is 0.246 e. The van der Waals surface area contributed by atoms with E-state index in [1.807, 2.05) is 6.92 Å². The van der Waals surface area contributed by atoms with Crippen molar-refractivity contribution in [1.82, 2.24) is 25.8 Å². The molecule has 4 amide bonds. The maximum absolute atomic E-state index is 14.1. The van der Waals surface area contributed by atoms with Crippen LogP contribution in [0.2, 0.25) is 10.0 Å². The monoisotopic (exact) mass is 633 g/mol. The topological polar surface area (TPSA) is 111 Å². The predicted molar refractivity (Wildman–Crippen MR) is 163 cm³/mol. The molecule has 1 heterocycles. The summed E-state index contributed by atoms with van der Waals surface area (Å²) in [6.07, 6.45) is 2.60. The molecule has 12 heteroatoms. The number of hydrogen-bond acceptors (Lipinski definition) is 5. The zero-order valence-electron chi connectivity index (χ0n) is 24.6. The largest absolute Gasteiger partial charge is 0.357 e. The minimum Gasteiger partial charge on any atom is -0.357 e. The van der Waals surface area contributed by atoms with Crippen LogP contribution >= 0.6 is 23.2 Å². The average Bonchev–Trinajstić information content (AvgIpc) is 3.80. The number of benzene rings is 2. The number of amides is 4. The lowest BCUT2D eigenvalue weighted by Gasteiger charge is -2.44. The second kappa shape index (κ2) is 14.1. The average molecular weight is 635 g/mol. The number of likely N-dealkylation sites (N-methyl/N-ethyl adjacent to an activating group) is 2. The first-order chi connectivity index (χ1) is 20.5. The number of halogens is 3. The number of carbonyl (C=O) groups is 4. The summed E-state index contributed by atoms with van der Waals surface area (Å²) in [5.41, 5.74) is 0.618. The summed E-state index contributed by atoms with van der Waals surface area (Å²) in [7, 11) is 3.21. The molecule has 9 nitrogen and oxygen atoms in total. The Morgan fingerprint density at radius 3 is 2.33 bits per heavy atom. The summed E-state index contributed by atoms with van der Waals surface area (Å²) >= 11 is 12.5. The van der Waals surface area contributed by atoms with Gasteiger partial charge in [0.15, 0.2) is 0 Å². The summed E-state index contributed by atoms with van der Waals surface area (Å²) < 4.78 is 13.6. The highest BCUT2D eigenvalue weighted by Crippen LogP contribution is 2.35. The molecule has 2 aromatic carbocycles. The molecule has 3 N–H and O–H groups in total. The molecule has 3 atom stereocenters. The van der Waals surface area contributed by atoms with Gasteiger partial charge >= 0.3 is 0 Å². The van der Waals surface area contributed by atoms with E-state index >= 15 is 0 Å². The van der Waals surface area contributed by atoms with Gasteiger partial charge in [-0.3, -0.25) is 19.2 Å². The molecule has 1 aliphatic carbocycles. The third-order valence-electron chi connectivity index (χ3n) is 8.34. The van der Waals surface area contributed by atoms with Gasteiger partial charge in [0.25, 0.3) is 0 Å². The van der Waals surface area contributed by atoms with Crippen LogP contribution in [0.15, 0.2) is 42.5 Å². The van der Waals surface area contributed by atoms with Crippen LogP contribution in [0.25, 0.3) is 0 Å². The SMILES string of the molecule is CCCC1C(=O)N(C(Cc2ccc(Cl)cc2Cl)C(=O)NC)CCN1C(=O)C(Cc1ccc(F)cc1)NC(=O)C1(NC)CC1. The molecule has 0 spiro atoms. The van der Waals surface area contributed by atoms with Crippen LogP contribution in [-0.4, -0.2) is 84.3 Å². The van der Waals surface area contributed by atoms with Crippen LogP contribution in [0, 0.1) is 5.82 Å². The Morgan fingerprint density at radius 2 is 1.74 bits per heavy atom. The molecule has 43 heavy (non-hydrogen) atoms. The standard InChI is InChI=1S/C31H38Cl2FN5O4/c1-4-5-25-29(42)39(26(27(40)35-2)17-20-8-9-21(32)18-23(20)33)15-14-38(25)28(41)24(16-19-6-10-22(34)11-7-19)37-30(43)31(36-3)12-13-31/h6-11,18,24-26,36H,4-5,12-17H2,1-3H3,(H,35,40)(H,37,43). The van der Waals surface area contributed by atoms with Gasteiger partial charge in [-0.1, -0.05) is 54.7 Å². The molecular weight excluding hydrogens is 596 g/mol. The van der Waals surface area contributed by atoms with Crippen molar-refractivity contribution in [2.75, 3.05) is 27.2 Å². The van der Waals surface area contributed by atoms with E-state index in [9.17, 15) is 23.6 Å². The highest BCUT2D eigenvalue weighted by Gasteiger charge is 2.50. The van der Waals surface area contributed by atoms with Crippen molar-refractivity contribution < 1.29 is 23.6 Å². The second-order valence-corrected chi connectivity index (χ2v) is 12.0. The lowest BCUT2D eigenvalue weighted by molar-refractivity contribution is -0.157. The minimum atomic E-state index is -0.967. The first kappa shape index (κ1) is 32.7. The molecular formula is C31H38Cl2FN5O4. The molecule has 2 aliphatic rings. The minimum absolute atomic E-state index is 0.117. The number of nitrogens with one attached hydrogen (secondary N) is 3. The van der Waals surface area contributed by atoms with Gasteiger partial charge in [-0.25, -0.2) is 4.39 Å². The van der Waals surface area contributed by atoms with Crippen molar-refractivity contribution in [2.24, 2.45) is 0 Å². The van der Waals surface area contributed by atoms with Crippen LogP contribution < -0.4 is 16.0 Å². The summed E-state index contributed by atoms with van der Waals surface area (Å²) in [4.78, 5) is 57.5. The molecule has 232 valence electrons. The summed E-state index contributed by atoms with van der Waals surface area (Å²) in [6, 6.07) is 8.12. The van der Waals surface area contributed by atoms with Gasteiger partial charge in [-0.2, -0.15) is 0 Å². The van der Waals surface area contributed by atoms with E-state index in [2.05, 4.69) is 16.0 Å². The van der Waals surface area contributed by atoms with E-state index in [4.69, 9.17) is 23.2 Å². The summed E-state index contributed by atoms with van der Waals surface area (Å²) in [5, 5.41) is 9.45. The number of rotatable bonds is 12. The van der Waals surface area contributed by atoms with Crippen molar-refractivity contribution in [3.8, 4) is 0 Å². The van der Waals surface area contributed by atoms with Gasteiger partial charge in [0.05, 0.1) is 5.54 Å². The van der Waals surface area contributed by atoms with Crippen molar-refractivity contribution in [3.63, 3.8) is 0 Å². The van der Waals surface area contributed by atoms with E-state index in [-0.39, 0.29) is 43.7 Å². The highest BCUT2D eigenvalue weighted by molar-refractivity contribution is 6.35. The van der Waals surface area contributed by atoms with Crippen molar-refractivity contribution in [2.45, 2.75) is 69.1 Å². The second-order valence-electron chi connectivity index (χ2n) is 11.1. The van der Waals surface area contributed by atoms with Crippen molar-refractivity contribution in [3.05, 3.63) is 69.5 Å². The van der Waals surface area contributed by atoms with E-state index in [0.717, 1.165) is 0 Å². The molecule has 1 saturated carbocycles. The van der Waals surface area contributed by atoms with Gasteiger partial charge in [0.2, 0.25) is 23.6 Å². The molecule has 4 rings (SSSR count). The molecule has 1 aliphatic heterocycles. The Kier molecular flexibility index (Phi) is 10.7. The van der Waals surface area contributed by atoms with Gasteiger partial charge in [0.1, 0.15) is 23.9 Å². The fourth-order valence-corrected chi connectivity index (χ4v) is 6.09. The fraction of sp³-hybridized carbons (Fsp3) is 0.484. The zero-order valence-corrected chi connectivity index (χ0v) is 26.1. The van der Waals surface area contributed by atoms with Gasteiger partial charge in [-0.15, -0.1) is 0 Å². The Balaban J connectivity index is 1.60. The number of hydrogen-bond donors (Lipinski definition) is 3. The van der Waals surface area contributed by atoms with Crippen LogP contribution in [0.1, 0.15) is 43.7 Å². The molecule has 0 aromatic heterocycles. The molecule has 2 aromatic rings. The normalized spacial score (nSPS) is 19.0. The van der Waals surface area contributed by atoms with Crippen LogP contribution in [-0.2, 0) is 32.0 Å². The first-order valence-corrected chi connectivity index (χ1v) is 15.3. The molecule has 3 unspecified atom stereocenters. The van der Waals surface area contributed by atoms with Crippen molar-refractivity contribution in [1.29, 1.82) is 0 Å². The Morgan fingerprint density at radius 1 is 1.05 bits per heavy atom. The molecule has 0 radical (unpaired) electrons. The quantitative estimate of drug-likeness (QED) is 0.333. The fourth-order valence-electron chi connectivity index (χ4n) is 5.61. The third-order valence-corrected chi connectivity index (χ3v) is 8.93. The van der Waals surface area contributed by atoms with Crippen LogP contribution in [0.4, 0.5) is 4.39 Å². The third kappa shape index (κ3) is 7.48. The van der Waals surface area contributed by atoms with Crippen LogP contribution in [0.3, 0.4) is 0 Å². The smallest absolute Gasteiger partial charge is 0.246 e. The molecule has 1 saturated heterocycles. The number of piperazine rings is 1. The van der Waals surface area contributed by atoms with Gasteiger partial charge in [0, 0.05) is 43.0 Å². The number of nitrogens with zero attached hydrogens (tertiary/aromatic N) is 2. The summed E-state index contributed by atoms with van der Waals surface area (Å²) in [5.74, 6) is -1.78. The lowest BCUT2D eigenvalue weighted by atomic mass is 9.97. The van der Waals surface area contributed by atoms with E-state index in [0.29, 0.717) is 46.9 Å². The van der Waals surface area contributed by atoms with Crippen molar-refractivity contribution >= 4 is 46.8 Å². The van der Waals surface area contributed by atoms with E-state index in [1.165, 1.54) is 29.0 Å². The van der Waals surface area contributed by atoms with Gasteiger partial charge < -0.3 is 25.8 Å². The van der Waals surface area contributed by atoms with Gasteiger partial charge in [-0.05, 0) is 61.7 Å². The predicted octanol–water partition coefficient (Wildman–Crippen LogP) is 3.11. The summed E-state index contributed by atoms with van der Waals surface area (Å²) in [6.45, 7) is 2.20. The first-order valence-electron chi connectivity index (χ1n) is 14.5. The van der Waals surface area contributed by atoms with E-state index in [1.54, 1.807) is 37.4 Å². The highest BCUT2D eigenvalue weighted by atomic mass is 35.5. The van der Waals surface area contributed by atoms with E-state index < -0.39 is 35.4 Å². The zero-order chi connectivity index (χ0) is 31.3. The Hall–Kier alpha value is -3.21.